The van der Waals surface area contributed by atoms with Gasteiger partial charge in [-0.15, -0.1) is 5.10 Å². The highest BCUT2D eigenvalue weighted by molar-refractivity contribution is 5.01. The number of nitrogens with one attached hydrogen (secondary N) is 2. The summed E-state index contributed by atoms with van der Waals surface area (Å²) in [6.07, 6.45) is 1.55. The summed E-state index contributed by atoms with van der Waals surface area (Å²) in [5, 5.41) is 17.2. The van der Waals surface area contributed by atoms with Crippen molar-refractivity contribution in [1.82, 2.24) is 26.0 Å². The van der Waals surface area contributed by atoms with E-state index in [2.05, 4.69) is 46.8 Å². The maximum Gasteiger partial charge on any atom is 0.238 e. The molecule has 0 saturated heterocycles. The lowest BCUT2D eigenvalue weighted by atomic mass is 10.1. The number of hydrogen-bond donors (Lipinski definition) is 2. The van der Waals surface area contributed by atoms with Gasteiger partial charge in [-0.3, -0.25) is 5.32 Å². The van der Waals surface area contributed by atoms with E-state index in [-0.39, 0.29) is 5.54 Å². The summed E-state index contributed by atoms with van der Waals surface area (Å²) in [6, 6.07) is 1.67. The van der Waals surface area contributed by atoms with E-state index < -0.39 is 0 Å². The highest BCUT2D eigenvalue weighted by atomic mass is 16.5. The molecule has 1 heterocycles. The van der Waals surface area contributed by atoms with Crippen LogP contribution in [0.4, 0.5) is 0 Å². The highest BCUT2D eigenvalue weighted by Gasteiger charge is 2.06. The first-order valence-corrected chi connectivity index (χ1v) is 5.31. The molecule has 0 unspecified atom stereocenters. The van der Waals surface area contributed by atoms with E-state index in [0.717, 1.165) is 13.1 Å². The van der Waals surface area contributed by atoms with Gasteiger partial charge in [-0.05, 0) is 26.0 Å². The summed E-state index contributed by atoms with van der Waals surface area (Å²) >= 11 is 0. The minimum atomic E-state index is 0.152. The van der Waals surface area contributed by atoms with Crippen molar-refractivity contribution in [3.8, 4) is 5.88 Å². The molecule has 90 valence electrons. The minimum Gasteiger partial charge on any atom is -0.461 e. The monoisotopic (exact) mass is 225 g/mol. The summed E-state index contributed by atoms with van der Waals surface area (Å²) in [7, 11) is 0. The number of rotatable bonds is 6. The standard InChI is InChI=1S/C10H19N5O/c1-10(2,3)12-7-6-11-8-16-9-4-5-13-15-14-9/h4-5,11-12H,6-8H2,1-3H3. The van der Waals surface area contributed by atoms with E-state index in [1.807, 2.05) is 0 Å². The molecule has 0 saturated carbocycles. The Labute approximate surface area is 95.8 Å². The van der Waals surface area contributed by atoms with Crippen molar-refractivity contribution in [3.63, 3.8) is 0 Å². The first kappa shape index (κ1) is 12.8. The molecule has 0 spiro atoms. The molecule has 1 rings (SSSR count). The maximum atomic E-state index is 5.29. The van der Waals surface area contributed by atoms with Gasteiger partial charge in [0.05, 0.1) is 6.20 Å². The second-order valence-electron chi connectivity index (χ2n) is 4.42. The van der Waals surface area contributed by atoms with Crippen LogP contribution in [0.5, 0.6) is 5.88 Å². The quantitative estimate of drug-likeness (QED) is 0.532. The Hall–Kier alpha value is -1.27. The SMILES string of the molecule is CC(C)(C)NCCNCOc1ccnnn1. The van der Waals surface area contributed by atoms with Crippen molar-refractivity contribution >= 4 is 0 Å². The molecule has 0 atom stereocenters. The van der Waals surface area contributed by atoms with Gasteiger partial charge in [-0.2, -0.15) is 0 Å². The van der Waals surface area contributed by atoms with E-state index in [9.17, 15) is 0 Å². The summed E-state index contributed by atoms with van der Waals surface area (Å²) in [5.74, 6) is 0.478. The fourth-order valence-electron chi connectivity index (χ4n) is 1.03. The summed E-state index contributed by atoms with van der Waals surface area (Å²) in [5.41, 5.74) is 0.152. The molecular weight excluding hydrogens is 206 g/mol. The van der Waals surface area contributed by atoms with Crippen molar-refractivity contribution < 1.29 is 4.74 Å². The van der Waals surface area contributed by atoms with Gasteiger partial charge in [0.25, 0.3) is 0 Å². The lowest BCUT2D eigenvalue weighted by molar-refractivity contribution is 0.266. The molecule has 0 aromatic carbocycles. The molecule has 1 aromatic rings. The third kappa shape index (κ3) is 6.26. The molecule has 0 amide bonds. The van der Waals surface area contributed by atoms with Crippen LogP contribution in [0.1, 0.15) is 20.8 Å². The van der Waals surface area contributed by atoms with Crippen LogP contribution in [0, 0.1) is 0 Å². The third-order valence-electron chi connectivity index (χ3n) is 1.76. The molecule has 0 aliphatic heterocycles. The lowest BCUT2D eigenvalue weighted by Crippen LogP contribution is -2.40. The van der Waals surface area contributed by atoms with Crippen molar-refractivity contribution in [1.29, 1.82) is 0 Å². The minimum absolute atomic E-state index is 0.152. The lowest BCUT2D eigenvalue weighted by Gasteiger charge is -2.20. The largest absolute Gasteiger partial charge is 0.461 e. The molecule has 0 radical (unpaired) electrons. The number of aromatic nitrogens is 3. The van der Waals surface area contributed by atoms with Crippen LogP contribution in [0.2, 0.25) is 0 Å². The first-order chi connectivity index (χ1) is 7.58. The molecular formula is C10H19N5O. The van der Waals surface area contributed by atoms with Gasteiger partial charge >= 0.3 is 0 Å². The Balaban J connectivity index is 2.01. The number of hydrogen-bond acceptors (Lipinski definition) is 6. The van der Waals surface area contributed by atoms with Crippen LogP contribution in [-0.2, 0) is 0 Å². The van der Waals surface area contributed by atoms with Crippen molar-refractivity contribution in [2.24, 2.45) is 0 Å². The molecule has 0 aliphatic carbocycles. The van der Waals surface area contributed by atoms with Gasteiger partial charge in [-0.1, -0.05) is 5.10 Å². The topological polar surface area (TPSA) is 72.0 Å². The predicted octanol–water partition coefficient (Wildman–Crippen LogP) is 0.186. The molecule has 6 heteroatoms. The smallest absolute Gasteiger partial charge is 0.238 e. The zero-order valence-electron chi connectivity index (χ0n) is 10.0. The fraction of sp³-hybridized carbons (Fsp3) is 0.700. The Morgan fingerprint density at radius 2 is 2.12 bits per heavy atom. The Morgan fingerprint density at radius 1 is 1.31 bits per heavy atom. The Bertz CT molecular complexity index is 285. The van der Waals surface area contributed by atoms with E-state index >= 15 is 0 Å². The number of nitrogens with zero attached hydrogens (tertiary/aromatic N) is 3. The van der Waals surface area contributed by atoms with E-state index in [0.29, 0.717) is 12.6 Å². The second-order valence-corrected chi connectivity index (χ2v) is 4.42. The summed E-state index contributed by atoms with van der Waals surface area (Å²) in [4.78, 5) is 0. The number of ether oxygens (including phenoxy) is 1. The van der Waals surface area contributed by atoms with E-state index in [4.69, 9.17) is 4.74 Å². The normalized spacial score (nSPS) is 11.4. The van der Waals surface area contributed by atoms with Crippen LogP contribution in [-0.4, -0.2) is 40.8 Å². The van der Waals surface area contributed by atoms with Crippen LogP contribution in [0.25, 0.3) is 0 Å². The average Bonchev–Trinajstić information content (AvgIpc) is 2.23. The van der Waals surface area contributed by atoms with Crippen LogP contribution in [0.3, 0.4) is 0 Å². The Kier molecular flexibility index (Phi) is 5.07. The second kappa shape index (κ2) is 6.34. The zero-order chi connectivity index (χ0) is 11.9. The van der Waals surface area contributed by atoms with Gasteiger partial charge in [0, 0.05) is 24.7 Å². The fourth-order valence-corrected chi connectivity index (χ4v) is 1.03. The first-order valence-electron chi connectivity index (χ1n) is 5.31. The molecule has 0 aliphatic rings. The van der Waals surface area contributed by atoms with Crippen molar-refractivity contribution in [3.05, 3.63) is 12.3 Å². The molecule has 1 aromatic heterocycles. The molecule has 0 fully saturated rings. The van der Waals surface area contributed by atoms with Crippen molar-refractivity contribution in [2.75, 3.05) is 19.8 Å². The van der Waals surface area contributed by atoms with Crippen LogP contribution >= 0.6 is 0 Å². The molecule has 16 heavy (non-hydrogen) atoms. The molecule has 6 nitrogen and oxygen atoms in total. The molecule has 2 N–H and O–H groups in total. The summed E-state index contributed by atoms with van der Waals surface area (Å²) < 4.78 is 5.29. The predicted molar refractivity (Wildman–Crippen MR) is 61.1 cm³/mol. The van der Waals surface area contributed by atoms with E-state index in [1.165, 1.54) is 0 Å². The van der Waals surface area contributed by atoms with Gasteiger partial charge < -0.3 is 10.1 Å². The summed E-state index contributed by atoms with van der Waals surface area (Å²) in [6.45, 7) is 8.57. The van der Waals surface area contributed by atoms with Gasteiger partial charge in [0.15, 0.2) is 0 Å². The highest BCUT2D eigenvalue weighted by Crippen LogP contribution is 1.98. The van der Waals surface area contributed by atoms with Gasteiger partial charge in [-0.25, -0.2) is 0 Å². The average molecular weight is 225 g/mol. The van der Waals surface area contributed by atoms with Crippen molar-refractivity contribution in [2.45, 2.75) is 26.3 Å². The molecule has 0 bridgehead atoms. The van der Waals surface area contributed by atoms with Crippen LogP contribution < -0.4 is 15.4 Å². The van der Waals surface area contributed by atoms with Gasteiger partial charge in [0.1, 0.15) is 6.73 Å². The third-order valence-corrected chi connectivity index (χ3v) is 1.76. The van der Waals surface area contributed by atoms with Crippen LogP contribution in [0.15, 0.2) is 12.3 Å². The Morgan fingerprint density at radius 3 is 2.75 bits per heavy atom. The van der Waals surface area contributed by atoms with Gasteiger partial charge in [0.2, 0.25) is 5.88 Å². The van der Waals surface area contributed by atoms with E-state index in [1.54, 1.807) is 12.3 Å². The zero-order valence-corrected chi connectivity index (χ0v) is 10.0. The maximum absolute atomic E-state index is 5.29.